The van der Waals surface area contributed by atoms with Gasteiger partial charge in [-0.25, -0.2) is 0 Å². The molecule has 3 heteroatoms. The van der Waals surface area contributed by atoms with Crippen molar-refractivity contribution in [2.24, 2.45) is 17.8 Å². The number of fused-ring (bicyclic) bond motifs is 1. The van der Waals surface area contributed by atoms with Gasteiger partial charge in [0.25, 0.3) is 0 Å². The highest BCUT2D eigenvalue weighted by Crippen LogP contribution is 2.55. The summed E-state index contributed by atoms with van der Waals surface area (Å²) in [6, 6.07) is 6.45. The van der Waals surface area contributed by atoms with Crippen LogP contribution in [0.2, 0.25) is 0 Å². The predicted molar refractivity (Wildman–Crippen MR) is 72.1 cm³/mol. The Hall–Kier alpha value is -1.38. The van der Waals surface area contributed by atoms with Crippen LogP contribution in [0.4, 0.5) is 0 Å². The molecule has 0 aromatic carbocycles. The summed E-state index contributed by atoms with van der Waals surface area (Å²) in [5, 5.41) is 0. The van der Waals surface area contributed by atoms with Gasteiger partial charge in [-0.3, -0.25) is 9.78 Å². The van der Waals surface area contributed by atoms with E-state index < -0.39 is 0 Å². The summed E-state index contributed by atoms with van der Waals surface area (Å²) in [4.78, 5) is 19.2. The molecule has 0 spiro atoms. The average molecular weight is 256 g/mol. The molecule has 1 aromatic heterocycles. The van der Waals surface area contributed by atoms with Crippen molar-refractivity contribution in [2.45, 2.75) is 44.7 Å². The first-order valence-electron chi connectivity index (χ1n) is 7.51. The molecular weight excluding hydrogens is 236 g/mol. The predicted octanol–water partition coefficient (Wildman–Crippen LogP) is 2.62. The van der Waals surface area contributed by atoms with Gasteiger partial charge in [0, 0.05) is 18.2 Å². The fourth-order valence-electron chi connectivity index (χ4n) is 3.59. The van der Waals surface area contributed by atoms with Crippen molar-refractivity contribution in [3.05, 3.63) is 30.1 Å². The Morgan fingerprint density at radius 3 is 2.63 bits per heavy atom. The summed E-state index contributed by atoms with van der Waals surface area (Å²) in [7, 11) is 0. The van der Waals surface area contributed by atoms with E-state index >= 15 is 0 Å². The normalized spacial score (nSPS) is 31.9. The van der Waals surface area contributed by atoms with Crippen LogP contribution in [-0.4, -0.2) is 21.8 Å². The third-order valence-electron chi connectivity index (χ3n) is 4.92. The van der Waals surface area contributed by atoms with E-state index in [9.17, 15) is 4.79 Å². The molecule has 100 valence electrons. The summed E-state index contributed by atoms with van der Waals surface area (Å²) in [5.74, 6) is 2.48. The van der Waals surface area contributed by atoms with E-state index in [0.717, 1.165) is 30.4 Å². The monoisotopic (exact) mass is 256 g/mol. The molecule has 3 aliphatic carbocycles. The maximum absolute atomic E-state index is 12.7. The average Bonchev–Trinajstić information content (AvgIpc) is 3.37. The van der Waals surface area contributed by atoms with Crippen LogP contribution in [0.15, 0.2) is 24.4 Å². The number of carbonyl (C=O) groups is 1. The van der Waals surface area contributed by atoms with Gasteiger partial charge in [0.15, 0.2) is 0 Å². The minimum Gasteiger partial charge on any atom is -0.334 e. The van der Waals surface area contributed by atoms with E-state index in [4.69, 9.17) is 0 Å². The SMILES string of the molecule is O=C(C1CC2CC2C1)N(Cc1ccccn1)C1CC1. The molecule has 1 amide bonds. The Kier molecular flexibility index (Phi) is 2.61. The molecule has 3 nitrogen and oxygen atoms in total. The van der Waals surface area contributed by atoms with Gasteiger partial charge in [-0.2, -0.15) is 0 Å². The van der Waals surface area contributed by atoms with E-state index in [2.05, 4.69) is 9.88 Å². The Morgan fingerprint density at radius 1 is 1.21 bits per heavy atom. The highest BCUT2D eigenvalue weighted by Gasteiger charge is 2.49. The minimum absolute atomic E-state index is 0.313. The van der Waals surface area contributed by atoms with Gasteiger partial charge in [-0.1, -0.05) is 6.07 Å². The second-order valence-electron chi connectivity index (χ2n) is 6.44. The molecule has 1 heterocycles. The lowest BCUT2D eigenvalue weighted by Gasteiger charge is -2.26. The quantitative estimate of drug-likeness (QED) is 0.829. The van der Waals surface area contributed by atoms with E-state index in [-0.39, 0.29) is 0 Å². The Balaban J connectivity index is 1.47. The third-order valence-corrected chi connectivity index (χ3v) is 4.92. The van der Waals surface area contributed by atoms with Crippen LogP contribution < -0.4 is 0 Å². The lowest BCUT2D eigenvalue weighted by atomic mass is 10.0. The minimum atomic E-state index is 0.313. The van der Waals surface area contributed by atoms with Crippen LogP contribution in [-0.2, 0) is 11.3 Å². The Labute approximate surface area is 114 Å². The maximum atomic E-state index is 12.7. The zero-order valence-corrected chi connectivity index (χ0v) is 11.2. The number of pyridine rings is 1. The number of hydrogen-bond acceptors (Lipinski definition) is 2. The molecule has 0 saturated heterocycles. The lowest BCUT2D eigenvalue weighted by Crippen LogP contribution is -2.37. The molecule has 2 unspecified atom stereocenters. The molecule has 1 aromatic rings. The molecule has 0 radical (unpaired) electrons. The molecule has 0 bridgehead atoms. The van der Waals surface area contributed by atoms with Crippen LogP contribution in [0, 0.1) is 17.8 Å². The summed E-state index contributed by atoms with van der Waals surface area (Å²) in [6.45, 7) is 0.705. The van der Waals surface area contributed by atoms with Crippen LogP contribution in [0.1, 0.15) is 37.8 Å². The standard InChI is InChI=1S/C16H20N2O/c19-16(13-8-11-7-12(11)9-13)18(15-4-5-15)10-14-3-1-2-6-17-14/h1-3,6,11-13,15H,4-5,7-10H2. The van der Waals surface area contributed by atoms with Crippen LogP contribution in [0.25, 0.3) is 0 Å². The number of rotatable bonds is 4. The van der Waals surface area contributed by atoms with Crippen molar-refractivity contribution in [3.8, 4) is 0 Å². The highest BCUT2D eigenvalue weighted by molar-refractivity contribution is 5.80. The van der Waals surface area contributed by atoms with Crippen molar-refractivity contribution in [3.63, 3.8) is 0 Å². The molecule has 0 aliphatic heterocycles. The van der Waals surface area contributed by atoms with Crippen molar-refractivity contribution >= 4 is 5.91 Å². The molecule has 3 saturated carbocycles. The molecule has 3 aliphatic rings. The molecule has 0 N–H and O–H groups in total. The molecule has 2 atom stereocenters. The summed E-state index contributed by atoms with van der Waals surface area (Å²) >= 11 is 0. The Morgan fingerprint density at radius 2 is 2.00 bits per heavy atom. The van der Waals surface area contributed by atoms with Gasteiger partial charge in [-0.15, -0.1) is 0 Å². The topological polar surface area (TPSA) is 33.2 Å². The van der Waals surface area contributed by atoms with Crippen molar-refractivity contribution < 1.29 is 4.79 Å². The second kappa shape index (κ2) is 4.32. The number of carbonyl (C=O) groups excluding carboxylic acids is 1. The smallest absolute Gasteiger partial charge is 0.226 e. The van der Waals surface area contributed by atoms with Crippen LogP contribution in [0.3, 0.4) is 0 Å². The fraction of sp³-hybridized carbons (Fsp3) is 0.625. The van der Waals surface area contributed by atoms with Crippen molar-refractivity contribution in [1.82, 2.24) is 9.88 Å². The van der Waals surface area contributed by atoms with Gasteiger partial charge in [0.05, 0.1) is 12.2 Å². The first-order chi connectivity index (χ1) is 9.31. The largest absolute Gasteiger partial charge is 0.334 e. The fourth-order valence-corrected chi connectivity index (χ4v) is 3.59. The number of hydrogen-bond donors (Lipinski definition) is 0. The molecular formula is C16H20N2O. The first-order valence-corrected chi connectivity index (χ1v) is 7.51. The molecule has 3 fully saturated rings. The summed E-state index contributed by atoms with van der Waals surface area (Å²) < 4.78 is 0. The van der Waals surface area contributed by atoms with E-state index in [1.165, 1.54) is 19.3 Å². The lowest BCUT2D eigenvalue weighted by molar-refractivity contribution is -0.137. The maximum Gasteiger partial charge on any atom is 0.226 e. The zero-order valence-electron chi connectivity index (χ0n) is 11.2. The third kappa shape index (κ3) is 2.26. The molecule has 19 heavy (non-hydrogen) atoms. The van der Waals surface area contributed by atoms with Gasteiger partial charge < -0.3 is 4.90 Å². The second-order valence-corrected chi connectivity index (χ2v) is 6.44. The van der Waals surface area contributed by atoms with Crippen molar-refractivity contribution in [1.29, 1.82) is 0 Å². The van der Waals surface area contributed by atoms with Gasteiger partial charge in [0.1, 0.15) is 0 Å². The highest BCUT2D eigenvalue weighted by atomic mass is 16.2. The summed E-state index contributed by atoms with van der Waals surface area (Å²) in [6.07, 6.45) is 7.85. The Bertz CT molecular complexity index is 473. The van der Waals surface area contributed by atoms with Crippen molar-refractivity contribution in [2.75, 3.05) is 0 Å². The van der Waals surface area contributed by atoms with E-state index in [1.54, 1.807) is 0 Å². The first kappa shape index (κ1) is 11.4. The molecule has 4 rings (SSSR count). The number of nitrogens with zero attached hydrogens (tertiary/aromatic N) is 2. The van der Waals surface area contributed by atoms with Gasteiger partial charge >= 0.3 is 0 Å². The summed E-state index contributed by atoms with van der Waals surface area (Å²) in [5.41, 5.74) is 1.02. The number of aromatic nitrogens is 1. The van der Waals surface area contributed by atoms with E-state index in [0.29, 0.717) is 24.4 Å². The van der Waals surface area contributed by atoms with Crippen LogP contribution >= 0.6 is 0 Å². The number of amides is 1. The van der Waals surface area contributed by atoms with Gasteiger partial charge in [0.2, 0.25) is 5.91 Å². The van der Waals surface area contributed by atoms with Crippen LogP contribution in [0.5, 0.6) is 0 Å². The zero-order chi connectivity index (χ0) is 12.8. The van der Waals surface area contributed by atoms with E-state index in [1.807, 2.05) is 24.4 Å². The van der Waals surface area contributed by atoms with Gasteiger partial charge in [-0.05, 0) is 56.1 Å².